The molecule has 4 heteroatoms. The van der Waals surface area contributed by atoms with Gasteiger partial charge in [-0.25, -0.2) is 0 Å². The van der Waals surface area contributed by atoms with Crippen molar-refractivity contribution in [2.24, 2.45) is 17.3 Å². The molecule has 0 amide bonds. The fourth-order valence-corrected chi connectivity index (χ4v) is 5.51. The molecule has 0 radical (unpaired) electrons. The van der Waals surface area contributed by atoms with Gasteiger partial charge >= 0.3 is 5.97 Å². The van der Waals surface area contributed by atoms with Crippen molar-refractivity contribution in [1.82, 2.24) is 0 Å². The lowest BCUT2D eigenvalue weighted by atomic mass is 9.59. The van der Waals surface area contributed by atoms with Crippen LogP contribution in [-0.2, 0) is 20.7 Å². The highest BCUT2D eigenvalue weighted by Crippen LogP contribution is 2.58. The molecule has 0 saturated heterocycles. The normalized spacial score (nSPS) is 33.7. The number of nitriles is 1. The summed E-state index contributed by atoms with van der Waals surface area (Å²) >= 11 is 0. The highest BCUT2D eigenvalue weighted by atomic mass is 16.5. The maximum atomic E-state index is 12.9. The molecule has 1 aromatic rings. The Morgan fingerprint density at radius 2 is 2.00 bits per heavy atom. The number of fused-ring (bicyclic) bond motifs is 1. The molecule has 1 aromatic carbocycles. The summed E-state index contributed by atoms with van der Waals surface area (Å²) in [6.07, 6.45) is 2.99. The molecule has 1 saturated carbocycles. The van der Waals surface area contributed by atoms with E-state index < -0.39 is 0 Å². The van der Waals surface area contributed by atoms with E-state index in [1.165, 1.54) is 5.56 Å². The quantitative estimate of drug-likeness (QED) is 0.784. The average Bonchev–Trinajstić information content (AvgIpc) is 2.86. The molecule has 0 bridgehead atoms. The summed E-state index contributed by atoms with van der Waals surface area (Å²) in [5, 5.41) is 9.27. The lowest BCUT2D eigenvalue weighted by molar-refractivity contribution is -0.151. The third-order valence-corrected chi connectivity index (χ3v) is 6.11. The summed E-state index contributed by atoms with van der Waals surface area (Å²) in [7, 11) is 1.78. The second kappa shape index (κ2) is 6.80. The third-order valence-electron chi connectivity index (χ3n) is 6.11. The molecule has 1 fully saturated rings. The highest BCUT2D eigenvalue weighted by molar-refractivity contribution is 5.81. The predicted molar refractivity (Wildman–Crippen MR) is 95.0 cm³/mol. The van der Waals surface area contributed by atoms with E-state index in [2.05, 4.69) is 19.9 Å². The molecular formula is C21H27NO3. The molecule has 0 N–H and O–H groups in total. The minimum Gasteiger partial charge on any atom is -0.466 e. The van der Waals surface area contributed by atoms with Gasteiger partial charge in [0.05, 0.1) is 30.3 Å². The molecule has 2 aliphatic carbocycles. The number of hydrogen-bond acceptors (Lipinski definition) is 4. The van der Waals surface area contributed by atoms with Gasteiger partial charge in [0.25, 0.3) is 0 Å². The predicted octanol–water partition coefficient (Wildman–Crippen LogP) is 3.83. The number of benzene rings is 1. The summed E-state index contributed by atoms with van der Waals surface area (Å²) in [5.74, 6) is 0.343. The molecule has 0 aliphatic heterocycles. The average molecular weight is 341 g/mol. The van der Waals surface area contributed by atoms with Crippen LogP contribution < -0.4 is 0 Å². The summed E-state index contributed by atoms with van der Waals surface area (Å²) in [5.41, 5.74) is 2.66. The van der Waals surface area contributed by atoms with Gasteiger partial charge in [0.15, 0.2) is 0 Å². The van der Waals surface area contributed by atoms with Gasteiger partial charge < -0.3 is 9.47 Å². The molecule has 1 spiro atoms. The van der Waals surface area contributed by atoms with E-state index in [9.17, 15) is 10.1 Å². The van der Waals surface area contributed by atoms with Crippen molar-refractivity contribution < 1.29 is 14.3 Å². The van der Waals surface area contributed by atoms with Gasteiger partial charge in [-0.1, -0.05) is 19.9 Å². The lowest BCUT2D eigenvalue weighted by Gasteiger charge is -2.47. The first-order valence-corrected chi connectivity index (χ1v) is 9.18. The van der Waals surface area contributed by atoms with Gasteiger partial charge in [-0.15, -0.1) is 0 Å². The van der Waals surface area contributed by atoms with Gasteiger partial charge in [0, 0.05) is 7.11 Å². The third kappa shape index (κ3) is 2.95. The van der Waals surface area contributed by atoms with Crippen molar-refractivity contribution in [2.45, 2.75) is 52.1 Å². The second-order valence-corrected chi connectivity index (χ2v) is 7.81. The minimum atomic E-state index is -0.279. The van der Waals surface area contributed by atoms with Gasteiger partial charge in [-0.3, -0.25) is 4.79 Å². The Bertz CT molecular complexity index is 694. The number of carbonyl (C=O) groups excluding carboxylic acids is 1. The molecule has 25 heavy (non-hydrogen) atoms. The Balaban J connectivity index is 2.04. The summed E-state index contributed by atoms with van der Waals surface area (Å²) in [4.78, 5) is 12.9. The standard InChI is InChI=1S/C21H27NO3/c1-5-25-20(23)18-17-8-15(12-22)6-7-16(17)11-21(18)9-13(2)19(24-4)14(3)10-21/h6-8,13-14,18-19H,5,9-11H2,1-4H3. The van der Waals surface area contributed by atoms with E-state index >= 15 is 0 Å². The van der Waals surface area contributed by atoms with Crippen LogP contribution in [0.3, 0.4) is 0 Å². The van der Waals surface area contributed by atoms with E-state index in [0.717, 1.165) is 24.8 Å². The molecule has 3 atom stereocenters. The van der Waals surface area contributed by atoms with E-state index in [-0.39, 0.29) is 23.4 Å². The Kier molecular flexibility index (Phi) is 4.88. The zero-order valence-corrected chi connectivity index (χ0v) is 15.5. The molecule has 3 rings (SSSR count). The zero-order chi connectivity index (χ0) is 18.2. The second-order valence-electron chi connectivity index (χ2n) is 7.81. The fourth-order valence-electron chi connectivity index (χ4n) is 5.51. The van der Waals surface area contributed by atoms with Crippen LogP contribution in [0.5, 0.6) is 0 Å². The van der Waals surface area contributed by atoms with Crippen LogP contribution in [0.4, 0.5) is 0 Å². The van der Waals surface area contributed by atoms with Crippen LogP contribution in [0, 0.1) is 28.6 Å². The number of ether oxygens (including phenoxy) is 2. The maximum absolute atomic E-state index is 12.9. The minimum absolute atomic E-state index is 0.128. The first-order valence-electron chi connectivity index (χ1n) is 9.18. The molecule has 4 nitrogen and oxygen atoms in total. The first kappa shape index (κ1) is 17.9. The Morgan fingerprint density at radius 1 is 1.32 bits per heavy atom. The molecule has 0 aromatic heterocycles. The molecule has 2 aliphatic rings. The molecule has 0 heterocycles. The number of carbonyl (C=O) groups is 1. The highest BCUT2D eigenvalue weighted by Gasteiger charge is 2.55. The van der Waals surface area contributed by atoms with Crippen molar-refractivity contribution in [3.63, 3.8) is 0 Å². The van der Waals surface area contributed by atoms with Gasteiger partial charge in [0.2, 0.25) is 0 Å². The SMILES string of the molecule is CCOC(=O)C1c2cc(C#N)ccc2CC12CC(C)C(OC)C(C)C2. The zero-order valence-electron chi connectivity index (χ0n) is 15.5. The summed E-state index contributed by atoms with van der Waals surface area (Å²) in [6.45, 7) is 6.67. The number of esters is 1. The number of methoxy groups -OCH3 is 1. The van der Waals surface area contributed by atoms with E-state index in [4.69, 9.17) is 9.47 Å². The monoisotopic (exact) mass is 341 g/mol. The summed E-state index contributed by atoms with van der Waals surface area (Å²) in [6, 6.07) is 7.97. The smallest absolute Gasteiger partial charge is 0.313 e. The van der Waals surface area contributed by atoms with Crippen LogP contribution in [0.25, 0.3) is 0 Å². The van der Waals surface area contributed by atoms with E-state index in [1.54, 1.807) is 7.11 Å². The van der Waals surface area contributed by atoms with Crippen molar-refractivity contribution in [3.05, 3.63) is 34.9 Å². The van der Waals surface area contributed by atoms with E-state index in [0.29, 0.717) is 24.0 Å². The van der Waals surface area contributed by atoms with Crippen LogP contribution in [0.2, 0.25) is 0 Å². The van der Waals surface area contributed by atoms with Crippen molar-refractivity contribution in [3.8, 4) is 6.07 Å². The van der Waals surface area contributed by atoms with Gasteiger partial charge in [0.1, 0.15) is 0 Å². The van der Waals surface area contributed by atoms with Crippen LogP contribution >= 0.6 is 0 Å². The topological polar surface area (TPSA) is 59.3 Å². The Labute approximate surface area is 150 Å². The van der Waals surface area contributed by atoms with Crippen LogP contribution in [0.15, 0.2) is 18.2 Å². The van der Waals surface area contributed by atoms with Crippen LogP contribution in [0.1, 0.15) is 56.2 Å². The molecular weight excluding hydrogens is 314 g/mol. The molecule has 3 unspecified atom stereocenters. The summed E-state index contributed by atoms with van der Waals surface area (Å²) < 4.78 is 11.2. The van der Waals surface area contributed by atoms with Gasteiger partial charge in [-0.2, -0.15) is 5.26 Å². The first-order chi connectivity index (χ1) is 12.0. The van der Waals surface area contributed by atoms with Crippen molar-refractivity contribution in [1.29, 1.82) is 5.26 Å². The number of hydrogen-bond donors (Lipinski definition) is 0. The fraction of sp³-hybridized carbons (Fsp3) is 0.619. The number of rotatable bonds is 3. The van der Waals surface area contributed by atoms with Crippen molar-refractivity contribution >= 4 is 5.97 Å². The van der Waals surface area contributed by atoms with Crippen molar-refractivity contribution in [2.75, 3.05) is 13.7 Å². The van der Waals surface area contributed by atoms with Gasteiger partial charge in [-0.05, 0) is 66.7 Å². The maximum Gasteiger partial charge on any atom is 0.313 e. The van der Waals surface area contributed by atoms with E-state index in [1.807, 2.05) is 25.1 Å². The molecule has 134 valence electrons. The Hall–Kier alpha value is -1.86. The Morgan fingerprint density at radius 3 is 2.56 bits per heavy atom. The largest absolute Gasteiger partial charge is 0.466 e. The number of nitrogens with zero attached hydrogens (tertiary/aromatic N) is 1. The van der Waals surface area contributed by atoms with Crippen LogP contribution in [-0.4, -0.2) is 25.8 Å². The lowest BCUT2D eigenvalue weighted by Crippen LogP contribution is -2.45.